The molecule has 0 radical (unpaired) electrons. The lowest BCUT2D eigenvalue weighted by Gasteiger charge is -2.47. The van der Waals surface area contributed by atoms with E-state index in [1.165, 1.54) is 0 Å². The van der Waals surface area contributed by atoms with Crippen molar-refractivity contribution in [2.75, 3.05) is 0 Å². The van der Waals surface area contributed by atoms with Crippen LogP contribution in [0.5, 0.6) is 0 Å². The van der Waals surface area contributed by atoms with Crippen LogP contribution in [0.3, 0.4) is 0 Å². The maximum atomic E-state index is 12.4. The van der Waals surface area contributed by atoms with E-state index in [0.29, 0.717) is 6.42 Å². The van der Waals surface area contributed by atoms with Gasteiger partial charge < -0.3 is 0 Å². The highest BCUT2D eigenvalue weighted by Crippen LogP contribution is 2.50. The molecule has 0 amide bonds. The molecule has 0 saturated heterocycles. The average molecular weight is 218 g/mol. The van der Waals surface area contributed by atoms with Gasteiger partial charge in [0.15, 0.2) is 0 Å². The molecule has 2 nitrogen and oxygen atoms in total. The molecule has 0 aliphatic heterocycles. The summed E-state index contributed by atoms with van der Waals surface area (Å²) in [6.07, 6.45) is 7.34. The maximum Gasteiger partial charge on any atom is 0.147 e. The van der Waals surface area contributed by atoms with Crippen LogP contribution in [0.15, 0.2) is 24.8 Å². The summed E-state index contributed by atoms with van der Waals surface area (Å²) in [6.45, 7) is 7.30. The van der Waals surface area contributed by atoms with Gasteiger partial charge in [0.25, 0.3) is 0 Å². The van der Waals surface area contributed by atoms with Crippen LogP contribution in [-0.4, -0.2) is 11.6 Å². The Balaban J connectivity index is 2.33. The predicted molar refractivity (Wildman–Crippen MR) is 62.8 cm³/mol. The molecule has 0 aromatic heterocycles. The lowest BCUT2D eigenvalue weighted by Crippen LogP contribution is -2.50. The van der Waals surface area contributed by atoms with E-state index in [1.54, 1.807) is 6.92 Å². The fourth-order valence-electron chi connectivity index (χ4n) is 3.21. The van der Waals surface area contributed by atoms with Gasteiger partial charge in [0.05, 0.1) is 0 Å². The summed E-state index contributed by atoms with van der Waals surface area (Å²) in [7, 11) is 0. The number of allylic oxidation sites excluding steroid dienone is 3. The molecule has 0 heterocycles. The minimum Gasteiger partial charge on any atom is -0.300 e. The van der Waals surface area contributed by atoms with Crippen molar-refractivity contribution >= 4 is 11.6 Å². The van der Waals surface area contributed by atoms with E-state index >= 15 is 0 Å². The Morgan fingerprint density at radius 1 is 1.62 bits per heavy atom. The van der Waals surface area contributed by atoms with E-state index in [0.717, 1.165) is 6.42 Å². The topological polar surface area (TPSA) is 34.1 Å². The van der Waals surface area contributed by atoms with Crippen LogP contribution in [0.25, 0.3) is 0 Å². The second-order valence-corrected chi connectivity index (χ2v) is 5.31. The van der Waals surface area contributed by atoms with Gasteiger partial charge in [-0.3, -0.25) is 9.59 Å². The van der Waals surface area contributed by atoms with Gasteiger partial charge in [-0.15, -0.1) is 6.58 Å². The molecule has 0 aromatic rings. The van der Waals surface area contributed by atoms with E-state index in [1.807, 2.05) is 19.1 Å². The van der Waals surface area contributed by atoms with Gasteiger partial charge in [-0.25, -0.2) is 0 Å². The molecule has 2 heteroatoms. The third-order valence-corrected chi connectivity index (χ3v) is 4.14. The number of hydrogen-bond acceptors (Lipinski definition) is 2. The monoisotopic (exact) mass is 218 g/mol. The van der Waals surface area contributed by atoms with Gasteiger partial charge in [0.1, 0.15) is 11.6 Å². The van der Waals surface area contributed by atoms with Crippen molar-refractivity contribution < 1.29 is 9.59 Å². The summed E-state index contributed by atoms with van der Waals surface area (Å²) in [5, 5.41) is 0. The molecular formula is C14H18O2. The quantitative estimate of drug-likeness (QED) is 0.682. The third kappa shape index (κ3) is 1.48. The van der Waals surface area contributed by atoms with Crippen molar-refractivity contribution in [2.24, 2.45) is 23.2 Å². The van der Waals surface area contributed by atoms with Crippen molar-refractivity contribution in [3.8, 4) is 0 Å². The van der Waals surface area contributed by atoms with Crippen LogP contribution in [0, 0.1) is 23.2 Å². The first-order valence-corrected chi connectivity index (χ1v) is 5.83. The van der Waals surface area contributed by atoms with E-state index in [4.69, 9.17) is 0 Å². The summed E-state index contributed by atoms with van der Waals surface area (Å²) < 4.78 is 0. The second-order valence-electron chi connectivity index (χ2n) is 5.31. The Morgan fingerprint density at radius 2 is 2.31 bits per heavy atom. The highest BCUT2D eigenvalue weighted by Gasteiger charge is 2.52. The largest absolute Gasteiger partial charge is 0.300 e. The number of Topliss-reactive ketones (excluding diaryl/α,β-unsaturated/α-hetero) is 2. The van der Waals surface area contributed by atoms with Crippen LogP contribution in [0.1, 0.15) is 26.7 Å². The molecule has 4 atom stereocenters. The Labute approximate surface area is 96.4 Å². The summed E-state index contributed by atoms with van der Waals surface area (Å²) >= 11 is 0. The van der Waals surface area contributed by atoms with E-state index < -0.39 is 5.41 Å². The first kappa shape index (κ1) is 11.3. The Kier molecular flexibility index (Phi) is 2.61. The molecule has 3 aliphatic rings. The van der Waals surface area contributed by atoms with Gasteiger partial charge in [-0.1, -0.05) is 25.2 Å². The van der Waals surface area contributed by atoms with Crippen molar-refractivity contribution in [1.82, 2.24) is 0 Å². The molecule has 0 aromatic carbocycles. The number of fused-ring (bicyclic) bond motifs is 2. The zero-order chi connectivity index (χ0) is 11.9. The Hall–Kier alpha value is -1.18. The molecule has 16 heavy (non-hydrogen) atoms. The highest BCUT2D eigenvalue weighted by molar-refractivity contribution is 5.95. The molecule has 2 bridgehead atoms. The number of carbonyl (C=O) groups is 2. The summed E-state index contributed by atoms with van der Waals surface area (Å²) in [5.74, 6) is 0.754. The van der Waals surface area contributed by atoms with Gasteiger partial charge in [0, 0.05) is 17.8 Å². The number of ketones is 2. The zero-order valence-electron chi connectivity index (χ0n) is 9.90. The first-order valence-electron chi connectivity index (χ1n) is 5.83. The summed E-state index contributed by atoms with van der Waals surface area (Å²) in [4.78, 5) is 23.7. The van der Waals surface area contributed by atoms with Crippen LogP contribution < -0.4 is 0 Å². The fourth-order valence-corrected chi connectivity index (χ4v) is 3.21. The van der Waals surface area contributed by atoms with Crippen molar-refractivity contribution in [2.45, 2.75) is 26.7 Å². The van der Waals surface area contributed by atoms with E-state index in [2.05, 4.69) is 12.7 Å². The second kappa shape index (κ2) is 3.69. The number of hydrogen-bond donors (Lipinski definition) is 0. The van der Waals surface area contributed by atoms with E-state index in [-0.39, 0.29) is 29.3 Å². The van der Waals surface area contributed by atoms with Gasteiger partial charge in [-0.05, 0) is 25.2 Å². The molecule has 1 saturated carbocycles. The summed E-state index contributed by atoms with van der Waals surface area (Å²) in [6, 6.07) is 0. The summed E-state index contributed by atoms with van der Waals surface area (Å²) in [5.41, 5.74) is -0.467. The highest BCUT2D eigenvalue weighted by atomic mass is 16.1. The van der Waals surface area contributed by atoms with Crippen LogP contribution >= 0.6 is 0 Å². The standard InChI is InChI=1S/C14H18O2/c1-4-10-7-11-5-6-12(10)13(16)14(11,3)8-9(2)15/h4-6,10-12H,1,7-8H2,2-3H3/t10-,11+,12-,14-/m0/s1. The Bertz CT molecular complexity index is 380. The molecule has 0 N–H and O–H groups in total. The third-order valence-electron chi connectivity index (χ3n) is 4.14. The molecule has 86 valence electrons. The van der Waals surface area contributed by atoms with E-state index in [9.17, 15) is 9.59 Å². The number of rotatable bonds is 3. The lowest BCUT2D eigenvalue weighted by atomic mass is 9.54. The Morgan fingerprint density at radius 3 is 2.81 bits per heavy atom. The minimum atomic E-state index is -0.467. The molecular weight excluding hydrogens is 200 g/mol. The molecule has 0 spiro atoms. The lowest BCUT2D eigenvalue weighted by molar-refractivity contribution is -0.142. The number of carbonyl (C=O) groups excluding carboxylic acids is 2. The zero-order valence-corrected chi connectivity index (χ0v) is 9.90. The molecule has 3 aliphatic carbocycles. The minimum absolute atomic E-state index is 0.0492. The van der Waals surface area contributed by atoms with Crippen LogP contribution in [0.4, 0.5) is 0 Å². The average Bonchev–Trinajstić information content (AvgIpc) is 2.24. The van der Waals surface area contributed by atoms with Crippen LogP contribution in [-0.2, 0) is 9.59 Å². The predicted octanol–water partition coefficient (Wildman–Crippen LogP) is 2.55. The van der Waals surface area contributed by atoms with Gasteiger partial charge >= 0.3 is 0 Å². The maximum absolute atomic E-state index is 12.4. The SMILES string of the molecule is C=C[C@H]1C[C@H]2C=C[C@@H]1C(=O)[C@@]2(C)CC(C)=O. The van der Waals surface area contributed by atoms with Crippen molar-refractivity contribution in [3.63, 3.8) is 0 Å². The van der Waals surface area contributed by atoms with Crippen LogP contribution in [0.2, 0.25) is 0 Å². The molecule has 3 rings (SSSR count). The van der Waals surface area contributed by atoms with Crippen molar-refractivity contribution in [3.05, 3.63) is 24.8 Å². The van der Waals surface area contributed by atoms with Crippen molar-refractivity contribution in [1.29, 1.82) is 0 Å². The molecule has 1 fully saturated rings. The first-order chi connectivity index (χ1) is 7.49. The van der Waals surface area contributed by atoms with Gasteiger partial charge in [0.2, 0.25) is 0 Å². The normalized spacial score (nSPS) is 41.1. The molecule has 0 unspecified atom stereocenters. The fraction of sp³-hybridized carbons (Fsp3) is 0.571. The van der Waals surface area contributed by atoms with Gasteiger partial charge in [-0.2, -0.15) is 0 Å². The smallest absolute Gasteiger partial charge is 0.147 e.